The van der Waals surface area contributed by atoms with E-state index in [2.05, 4.69) is 120 Å². The van der Waals surface area contributed by atoms with Crippen molar-refractivity contribution in [2.75, 3.05) is 0 Å². The predicted molar refractivity (Wildman–Crippen MR) is 236 cm³/mol. The average Bonchev–Trinajstić information content (AvgIpc) is 3.96. The minimum Gasteiger partial charge on any atom is -0.455 e. The first-order valence-electron chi connectivity index (χ1n) is 19.0. The third-order valence-electron chi connectivity index (χ3n) is 11.1. The van der Waals surface area contributed by atoms with Gasteiger partial charge in [-0.3, -0.25) is 0 Å². The highest BCUT2D eigenvalue weighted by atomic mass is 32.1. The summed E-state index contributed by atoms with van der Waals surface area (Å²) in [5, 5.41) is 7.06. The molecule has 12 aromatic rings. The van der Waals surface area contributed by atoms with Gasteiger partial charge in [0, 0.05) is 64.1 Å². The Labute approximate surface area is 330 Å². The van der Waals surface area contributed by atoms with Crippen LogP contribution in [0.5, 0.6) is 0 Å². The Balaban J connectivity index is 1.04. The molecule has 0 aliphatic heterocycles. The fraction of sp³-hybridized carbons (Fsp3) is 0. The standard InChI is InChI=1S/C51H30N4OS/c1-3-14-31(15-4-1)49-52-50(32-16-5-2-6-17-32)54-51(53-49)41-24-12-23-39-38-22-11-21-37(47(38)56-48(39)41)36-20-13-27-44-46(36)40-29-28-33(30-45(40)57-44)55-42-25-9-7-18-34(42)35-19-8-10-26-43(35)55/h1-30H. The smallest absolute Gasteiger partial charge is 0.167 e. The molecule has 266 valence electrons. The van der Waals surface area contributed by atoms with Gasteiger partial charge in [0.2, 0.25) is 0 Å². The highest BCUT2D eigenvalue weighted by molar-refractivity contribution is 7.26. The molecule has 0 amide bonds. The van der Waals surface area contributed by atoms with Crippen LogP contribution in [0.4, 0.5) is 0 Å². The third kappa shape index (κ3) is 4.98. The van der Waals surface area contributed by atoms with E-state index in [1.165, 1.54) is 42.0 Å². The van der Waals surface area contributed by atoms with Crippen LogP contribution in [0.1, 0.15) is 0 Å². The SMILES string of the molecule is c1ccc(-c2nc(-c3ccccc3)nc(-c3cccc4c3oc3c(-c5cccc6sc7cc(-n8c9ccccc9c9ccccc98)ccc7c56)cccc34)n2)cc1. The van der Waals surface area contributed by atoms with E-state index in [0.29, 0.717) is 17.5 Å². The molecule has 0 saturated heterocycles. The molecule has 4 aromatic heterocycles. The fourth-order valence-corrected chi connectivity index (χ4v) is 9.68. The maximum Gasteiger partial charge on any atom is 0.167 e. The van der Waals surface area contributed by atoms with Crippen LogP contribution in [0, 0.1) is 0 Å². The maximum atomic E-state index is 7.00. The van der Waals surface area contributed by atoms with Gasteiger partial charge in [-0.1, -0.05) is 146 Å². The van der Waals surface area contributed by atoms with Crippen molar-refractivity contribution in [2.45, 2.75) is 0 Å². The highest BCUT2D eigenvalue weighted by Crippen LogP contribution is 2.45. The lowest BCUT2D eigenvalue weighted by Gasteiger charge is -2.09. The van der Waals surface area contributed by atoms with Crippen LogP contribution in [0.3, 0.4) is 0 Å². The summed E-state index contributed by atoms with van der Waals surface area (Å²) in [6.45, 7) is 0. The predicted octanol–water partition coefficient (Wildman–Crippen LogP) is 13.9. The van der Waals surface area contributed by atoms with Crippen LogP contribution in [-0.4, -0.2) is 19.5 Å². The molecule has 0 saturated carbocycles. The molecule has 5 nitrogen and oxygen atoms in total. The quantitative estimate of drug-likeness (QED) is 0.176. The van der Waals surface area contributed by atoms with Crippen molar-refractivity contribution in [3.05, 3.63) is 182 Å². The lowest BCUT2D eigenvalue weighted by molar-refractivity contribution is 0.670. The molecule has 0 N–H and O–H groups in total. The minimum absolute atomic E-state index is 0.568. The molecule has 0 bridgehead atoms. The molecule has 0 radical (unpaired) electrons. The molecule has 4 heterocycles. The molecule has 0 aliphatic carbocycles. The fourth-order valence-electron chi connectivity index (χ4n) is 8.52. The molecule has 8 aromatic carbocycles. The molecular formula is C51H30N4OS. The van der Waals surface area contributed by atoms with Gasteiger partial charge < -0.3 is 8.98 Å². The van der Waals surface area contributed by atoms with Gasteiger partial charge in [-0.25, -0.2) is 15.0 Å². The van der Waals surface area contributed by atoms with Gasteiger partial charge in [0.05, 0.1) is 16.6 Å². The first-order valence-corrected chi connectivity index (χ1v) is 19.8. The molecule has 57 heavy (non-hydrogen) atoms. The van der Waals surface area contributed by atoms with Crippen LogP contribution >= 0.6 is 11.3 Å². The maximum absolute atomic E-state index is 7.00. The Morgan fingerprint density at radius 2 is 0.912 bits per heavy atom. The van der Waals surface area contributed by atoms with E-state index in [9.17, 15) is 0 Å². The normalized spacial score (nSPS) is 11.9. The van der Waals surface area contributed by atoms with Crippen molar-refractivity contribution in [3.63, 3.8) is 0 Å². The molecule has 0 aliphatic rings. The van der Waals surface area contributed by atoms with E-state index in [0.717, 1.165) is 55.4 Å². The van der Waals surface area contributed by atoms with Gasteiger partial charge in [0.15, 0.2) is 17.5 Å². The summed E-state index contributed by atoms with van der Waals surface area (Å²) in [6.07, 6.45) is 0. The second-order valence-electron chi connectivity index (χ2n) is 14.3. The van der Waals surface area contributed by atoms with Gasteiger partial charge in [-0.15, -0.1) is 11.3 Å². The van der Waals surface area contributed by atoms with E-state index in [4.69, 9.17) is 19.4 Å². The number of nitrogens with zero attached hydrogens (tertiary/aromatic N) is 4. The van der Waals surface area contributed by atoms with Crippen molar-refractivity contribution in [2.24, 2.45) is 0 Å². The summed E-state index contributed by atoms with van der Waals surface area (Å²) in [6, 6.07) is 63.7. The lowest BCUT2D eigenvalue weighted by atomic mass is 9.97. The van der Waals surface area contributed by atoms with E-state index in [-0.39, 0.29) is 0 Å². The third-order valence-corrected chi connectivity index (χ3v) is 12.2. The van der Waals surface area contributed by atoms with Crippen molar-refractivity contribution in [1.82, 2.24) is 19.5 Å². The van der Waals surface area contributed by atoms with Crippen LogP contribution < -0.4 is 0 Å². The van der Waals surface area contributed by atoms with Crippen molar-refractivity contribution in [1.29, 1.82) is 0 Å². The number of para-hydroxylation sites is 4. The Bertz CT molecular complexity index is 3420. The van der Waals surface area contributed by atoms with Gasteiger partial charge in [0.1, 0.15) is 11.2 Å². The first-order chi connectivity index (χ1) is 28.3. The summed E-state index contributed by atoms with van der Waals surface area (Å²) in [4.78, 5) is 15.0. The van der Waals surface area contributed by atoms with E-state index in [1.807, 2.05) is 78.1 Å². The number of benzene rings is 8. The lowest BCUT2D eigenvalue weighted by Crippen LogP contribution is -2.00. The first kappa shape index (κ1) is 31.9. The number of thiophene rings is 1. The Morgan fingerprint density at radius 3 is 1.58 bits per heavy atom. The summed E-state index contributed by atoms with van der Waals surface area (Å²) < 4.78 is 11.9. The summed E-state index contributed by atoms with van der Waals surface area (Å²) in [5.41, 5.74) is 10.0. The number of furan rings is 1. The van der Waals surface area contributed by atoms with E-state index >= 15 is 0 Å². The zero-order valence-corrected chi connectivity index (χ0v) is 31.2. The van der Waals surface area contributed by atoms with Gasteiger partial charge in [-0.2, -0.15) is 0 Å². The molecule has 12 rings (SSSR count). The molecule has 6 heteroatoms. The average molecular weight is 747 g/mol. The molecule has 0 fully saturated rings. The van der Waals surface area contributed by atoms with Crippen LogP contribution in [0.2, 0.25) is 0 Å². The summed E-state index contributed by atoms with van der Waals surface area (Å²) in [7, 11) is 0. The van der Waals surface area contributed by atoms with Crippen molar-refractivity contribution >= 4 is 75.3 Å². The topological polar surface area (TPSA) is 56.7 Å². The number of hydrogen-bond acceptors (Lipinski definition) is 5. The Hall–Kier alpha value is -7.41. The number of hydrogen-bond donors (Lipinski definition) is 0. The zero-order chi connectivity index (χ0) is 37.5. The van der Waals surface area contributed by atoms with Gasteiger partial charge in [0.25, 0.3) is 0 Å². The second-order valence-corrected chi connectivity index (χ2v) is 15.4. The Kier molecular flexibility index (Phi) is 7.03. The van der Waals surface area contributed by atoms with Crippen LogP contribution in [-0.2, 0) is 0 Å². The molecule has 0 spiro atoms. The van der Waals surface area contributed by atoms with E-state index < -0.39 is 0 Å². The Morgan fingerprint density at radius 1 is 0.386 bits per heavy atom. The van der Waals surface area contributed by atoms with Crippen LogP contribution in [0.15, 0.2) is 186 Å². The number of aromatic nitrogens is 4. The van der Waals surface area contributed by atoms with Crippen molar-refractivity contribution in [3.8, 4) is 51.0 Å². The number of rotatable bonds is 5. The number of fused-ring (bicyclic) bond motifs is 9. The van der Waals surface area contributed by atoms with Gasteiger partial charge >= 0.3 is 0 Å². The summed E-state index contributed by atoms with van der Waals surface area (Å²) >= 11 is 1.84. The van der Waals surface area contributed by atoms with Gasteiger partial charge in [-0.05, 0) is 42.0 Å². The zero-order valence-electron chi connectivity index (χ0n) is 30.4. The molecule has 0 unspecified atom stereocenters. The minimum atomic E-state index is 0.568. The molecule has 0 atom stereocenters. The monoisotopic (exact) mass is 746 g/mol. The highest BCUT2D eigenvalue weighted by Gasteiger charge is 2.21. The molecular weight excluding hydrogens is 717 g/mol. The summed E-state index contributed by atoms with van der Waals surface area (Å²) in [5.74, 6) is 1.80. The largest absolute Gasteiger partial charge is 0.455 e. The second kappa shape index (κ2) is 12.6. The van der Waals surface area contributed by atoms with Crippen LogP contribution in [0.25, 0.3) is 115 Å². The van der Waals surface area contributed by atoms with E-state index in [1.54, 1.807) is 0 Å². The van der Waals surface area contributed by atoms with Crippen molar-refractivity contribution < 1.29 is 4.42 Å².